The molecule has 1 aromatic heterocycles. The molecule has 4 aromatic rings. The Hall–Kier alpha value is -3.21. The molecule has 148 valence electrons. The highest BCUT2D eigenvalue weighted by atomic mass is 19.1. The lowest BCUT2D eigenvalue weighted by Gasteiger charge is -2.07. The van der Waals surface area contributed by atoms with Gasteiger partial charge in [0.2, 0.25) is 11.8 Å². The minimum absolute atomic E-state index is 0.299. The topological polar surface area (TPSA) is 48.2 Å². The molecule has 0 aliphatic heterocycles. The summed E-state index contributed by atoms with van der Waals surface area (Å²) >= 11 is 0. The maximum atomic E-state index is 13.1. The number of unbranched alkanes of at least 4 members (excludes halogenated alkanes) is 3. The van der Waals surface area contributed by atoms with Gasteiger partial charge in [0, 0.05) is 11.1 Å². The smallest absolute Gasteiger partial charge is 0.248 e. The second kappa shape index (κ2) is 8.86. The Morgan fingerprint density at radius 1 is 0.793 bits per heavy atom. The Kier molecular flexibility index (Phi) is 5.84. The number of hydrogen-bond acceptors (Lipinski definition) is 4. The summed E-state index contributed by atoms with van der Waals surface area (Å²) in [6.07, 6.45) is 4.77. The SMILES string of the molecule is CCCCCCOc1ccc2cc(-c3nnc(-c4ccc(F)cc4)o3)ccc2c1. The Bertz CT molecular complexity index is 1090. The van der Waals surface area contributed by atoms with E-state index in [0.717, 1.165) is 35.1 Å². The highest BCUT2D eigenvalue weighted by molar-refractivity contribution is 5.87. The fourth-order valence-corrected chi connectivity index (χ4v) is 3.21. The maximum absolute atomic E-state index is 13.1. The molecule has 29 heavy (non-hydrogen) atoms. The van der Waals surface area contributed by atoms with E-state index in [1.807, 2.05) is 30.3 Å². The molecule has 3 aromatic carbocycles. The zero-order valence-electron chi connectivity index (χ0n) is 16.4. The zero-order valence-corrected chi connectivity index (χ0v) is 16.4. The van der Waals surface area contributed by atoms with Crippen LogP contribution in [0.3, 0.4) is 0 Å². The van der Waals surface area contributed by atoms with Crippen molar-refractivity contribution in [1.29, 1.82) is 0 Å². The molecule has 0 aliphatic carbocycles. The average molecular weight is 390 g/mol. The number of fused-ring (bicyclic) bond motifs is 1. The first-order valence-corrected chi connectivity index (χ1v) is 9.99. The van der Waals surface area contributed by atoms with Crippen LogP contribution >= 0.6 is 0 Å². The minimum Gasteiger partial charge on any atom is -0.494 e. The molecule has 0 atom stereocenters. The summed E-state index contributed by atoms with van der Waals surface area (Å²) in [6, 6.07) is 18.1. The van der Waals surface area contributed by atoms with Gasteiger partial charge in [0.15, 0.2) is 0 Å². The van der Waals surface area contributed by atoms with Gasteiger partial charge in [-0.05, 0) is 65.7 Å². The molecule has 0 saturated carbocycles. The van der Waals surface area contributed by atoms with Crippen molar-refractivity contribution in [2.24, 2.45) is 0 Å². The van der Waals surface area contributed by atoms with Gasteiger partial charge in [-0.3, -0.25) is 0 Å². The molecule has 5 heteroatoms. The van der Waals surface area contributed by atoms with Crippen LogP contribution in [0.15, 0.2) is 65.1 Å². The van der Waals surface area contributed by atoms with Crippen molar-refractivity contribution in [2.45, 2.75) is 32.6 Å². The molecule has 0 fully saturated rings. The summed E-state index contributed by atoms with van der Waals surface area (Å²) in [7, 11) is 0. The van der Waals surface area contributed by atoms with E-state index in [1.165, 1.54) is 31.4 Å². The fourth-order valence-electron chi connectivity index (χ4n) is 3.21. The second-order valence-corrected chi connectivity index (χ2v) is 7.05. The van der Waals surface area contributed by atoms with Gasteiger partial charge < -0.3 is 9.15 Å². The Morgan fingerprint density at radius 2 is 1.48 bits per heavy atom. The van der Waals surface area contributed by atoms with Crippen molar-refractivity contribution in [3.8, 4) is 28.7 Å². The third-order valence-electron chi connectivity index (χ3n) is 4.84. The highest BCUT2D eigenvalue weighted by Crippen LogP contribution is 2.28. The number of aromatic nitrogens is 2. The molecule has 4 rings (SSSR count). The van der Waals surface area contributed by atoms with Gasteiger partial charge in [0.25, 0.3) is 0 Å². The molecule has 0 amide bonds. The number of hydrogen-bond donors (Lipinski definition) is 0. The predicted octanol–water partition coefficient (Wildman–Crippen LogP) is 6.66. The highest BCUT2D eigenvalue weighted by Gasteiger charge is 2.11. The monoisotopic (exact) mass is 390 g/mol. The molecule has 0 N–H and O–H groups in total. The van der Waals surface area contributed by atoms with E-state index in [4.69, 9.17) is 9.15 Å². The maximum Gasteiger partial charge on any atom is 0.248 e. The summed E-state index contributed by atoms with van der Waals surface area (Å²) in [6.45, 7) is 2.95. The predicted molar refractivity (Wildman–Crippen MR) is 112 cm³/mol. The van der Waals surface area contributed by atoms with Crippen LogP contribution in [0, 0.1) is 5.82 Å². The molecule has 0 unspecified atom stereocenters. The van der Waals surface area contributed by atoms with Gasteiger partial charge in [0.1, 0.15) is 11.6 Å². The lowest BCUT2D eigenvalue weighted by Crippen LogP contribution is -1.97. The van der Waals surface area contributed by atoms with Crippen LogP contribution in [0.25, 0.3) is 33.7 Å². The summed E-state index contributed by atoms with van der Waals surface area (Å²) in [4.78, 5) is 0. The van der Waals surface area contributed by atoms with Crippen LogP contribution in [0.4, 0.5) is 4.39 Å². The molecular weight excluding hydrogens is 367 g/mol. The summed E-state index contributed by atoms with van der Waals surface area (Å²) < 4.78 is 24.7. The van der Waals surface area contributed by atoms with Crippen LogP contribution in [-0.4, -0.2) is 16.8 Å². The largest absolute Gasteiger partial charge is 0.494 e. The van der Waals surface area contributed by atoms with E-state index in [1.54, 1.807) is 12.1 Å². The van der Waals surface area contributed by atoms with Gasteiger partial charge in [-0.25, -0.2) is 4.39 Å². The Labute approximate surface area is 169 Å². The van der Waals surface area contributed by atoms with Crippen LogP contribution in [0.5, 0.6) is 5.75 Å². The number of halogens is 1. The number of ether oxygens (including phenoxy) is 1. The quantitative estimate of drug-likeness (QED) is 0.316. The zero-order chi connectivity index (χ0) is 20.1. The van der Waals surface area contributed by atoms with Crippen molar-refractivity contribution >= 4 is 10.8 Å². The van der Waals surface area contributed by atoms with E-state index in [2.05, 4.69) is 23.2 Å². The first-order valence-electron chi connectivity index (χ1n) is 9.99. The summed E-state index contributed by atoms with van der Waals surface area (Å²) in [5, 5.41) is 10.4. The normalized spacial score (nSPS) is 11.1. The van der Waals surface area contributed by atoms with E-state index in [9.17, 15) is 4.39 Å². The van der Waals surface area contributed by atoms with Crippen LogP contribution in [0.2, 0.25) is 0 Å². The standard InChI is InChI=1S/C24H23FN2O2/c1-2-3-4-5-14-28-22-13-10-18-15-20(7-6-19(18)16-22)24-27-26-23(29-24)17-8-11-21(25)12-9-17/h6-13,15-16H,2-5,14H2,1H3. The van der Waals surface area contributed by atoms with Crippen molar-refractivity contribution in [3.05, 3.63) is 66.5 Å². The van der Waals surface area contributed by atoms with Gasteiger partial charge in [0.05, 0.1) is 6.61 Å². The Morgan fingerprint density at radius 3 is 2.28 bits per heavy atom. The van der Waals surface area contributed by atoms with Crippen molar-refractivity contribution in [2.75, 3.05) is 6.61 Å². The number of benzene rings is 3. The van der Waals surface area contributed by atoms with Gasteiger partial charge in [-0.2, -0.15) is 0 Å². The molecular formula is C24H23FN2O2. The van der Waals surface area contributed by atoms with Gasteiger partial charge in [-0.1, -0.05) is 38.3 Å². The Balaban J connectivity index is 1.49. The molecule has 0 saturated heterocycles. The lowest BCUT2D eigenvalue weighted by atomic mass is 10.1. The second-order valence-electron chi connectivity index (χ2n) is 7.05. The van der Waals surface area contributed by atoms with E-state index in [-0.39, 0.29) is 5.82 Å². The first kappa shape index (κ1) is 19.1. The van der Waals surface area contributed by atoms with Crippen LogP contribution in [-0.2, 0) is 0 Å². The molecule has 0 aliphatic rings. The third-order valence-corrected chi connectivity index (χ3v) is 4.84. The minimum atomic E-state index is -0.299. The average Bonchev–Trinajstić information content (AvgIpc) is 3.24. The molecule has 1 heterocycles. The first-order chi connectivity index (χ1) is 14.2. The van der Waals surface area contributed by atoms with Crippen molar-refractivity contribution in [3.63, 3.8) is 0 Å². The van der Waals surface area contributed by atoms with Crippen LogP contribution < -0.4 is 4.74 Å². The third kappa shape index (κ3) is 4.62. The number of nitrogens with zero attached hydrogens (tertiary/aromatic N) is 2. The van der Waals surface area contributed by atoms with E-state index >= 15 is 0 Å². The van der Waals surface area contributed by atoms with Gasteiger partial charge >= 0.3 is 0 Å². The molecule has 0 radical (unpaired) electrons. The summed E-state index contributed by atoms with van der Waals surface area (Å²) in [5.41, 5.74) is 1.53. The number of rotatable bonds is 8. The van der Waals surface area contributed by atoms with E-state index in [0.29, 0.717) is 17.3 Å². The van der Waals surface area contributed by atoms with Crippen LogP contribution in [0.1, 0.15) is 32.6 Å². The lowest BCUT2D eigenvalue weighted by molar-refractivity contribution is 0.305. The van der Waals surface area contributed by atoms with Crippen molar-refractivity contribution < 1.29 is 13.5 Å². The van der Waals surface area contributed by atoms with E-state index < -0.39 is 0 Å². The molecule has 0 spiro atoms. The molecule has 0 bridgehead atoms. The van der Waals surface area contributed by atoms with Crippen molar-refractivity contribution in [1.82, 2.24) is 10.2 Å². The fraction of sp³-hybridized carbons (Fsp3) is 0.250. The molecule has 4 nitrogen and oxygen atoms in total. The van der Waals surface area contributed by atoms with Gasteiger partial charge in [-0.15, -0.1) is 10.2 Å². The summed E-state index contributed by atoms with van der Waals surface area (Å²) in [5.74, 6) is 1.39.